The third-order valence-corrected chi connectivity index (χ3v) is 2.64. The maximum absolute atomic E-state index is 10.8. The fraction of sp³-hybridized carbons (Fsp3) is 0.615. The Morgan fingerprint density at radius 2 is 2.15 bits per heavy atom. The van der Waals surface area contributed by atoms with E-state index in [0.29, 0.717) is 31.5 Å². The summed E-state index contributed by atoms with van der Waals surface area (Å²) < 4.78 is 10.2. The number of aromatic carboxylic acids is 1. The van der Waals surface area contributed by atoms with Crippen LogP contribution < -0.4 is 5.32 Å². The quantitative estimate of drug-likeness (QED) is 0.626. The number of ether oxygens (including phenoxy) is 2. The van der Waals surface area contributed by atoms with Gasteiger partial charge in [0.05, 0.1) is 24.5 Å². The molecule has 0 amide bonds. The highest BCUT2D eigenvalue weighted by Gasteiger charge is 2.09. The van der Waals surface area contributed by atoms with Crippen molar-refractivity contribution in [2.45, 2.75) is 19.8 Å². The first-order valence-electron chi connectivity index (χ1n) is 6.52. The molecule has 0 aliphatic carbocycles. The molecule has 0 unspecified atom stereocenters. The molecule has 0 spiro atoms. The van der Waals surface area contributed by atoms with Crippen molar-refractivity contribution in [2.75, 3.05) is 38.8 Å². The fourth-order valence-corrected chi connectivity index (χ4v) is 1.54. The van der Waals surface area contributed by atoms with Crippen LogP contribution in [0.25, 0.3) is 0 Å². The van der Waals surface area contributed by atoms with Crippen molar-refractivity contribution in [1.29, 1.82) is 0 Å². The van der Waals surface area contributed by atoms with Gasteiger partial charge in [-0.05, 0) is 19.8 Å². The number of carboxylic acids is 1. The molecule has 1 aromatic rings. The summed E-state index contributed by atoms with van der Waals surface area (Å²) in [5, 5.41) is 11.9. The van der Waals surface area contributed by atoms with E-state index in [9.17, 15) is 4.79 Å². The number of hydrogen-bond donors (Lipinski definition) is 2. The minimum Gasteiger partial charge on any atom is -0.478 e. The average Bonchev–Trinajstić information content (AvgIpc) is 2.41. The van der Waals surface area contributed by atoms with E-state index >= 15 is 0 Å². The zero-order valence-electron chi connectivity index (χ0n) is 11.9. The van der Waals surface area contributed by atoms with Crippen LogP contribution in [-0.2, 0) is 9.47 Å². The van der Waals surface area contributed by atoms with Crippen LogP contribution in [0.2, 0.25) is 0 Å². The smallest absolute Gasteiger partial charge is 0.339 e. The van der Waals surface area contributed by atoms with Crippen LogP contribution in [0.15, 0.2) is 6.20 Å². The molecule has 2 N–H and O–H groups in total. The standard InChI is InChI=1S/C13H21N3O4/c1-10-11(12(17)18)9-15-13(16-10)14-5-3-4-6-20-8-7-19-2/h9H,3-8H2,1-2H3,(H,17,18)(H,14,15,16). The summed E-state index contributed by atoms with van der Waals surface area (Å²) in [6, 6.07) is 0. The Labute approximate surface area is 118 Å². The van der Waals surface area contributed by atoms with E-state index in [1.54, 1.807) is 14.0 Å². The third kappa shape index (κ3) is 5.94. The lowest BCUT2D eigenvalue weighted by atomic mass is 10.2. The summed E-state index contributed by atoms with van der Waals surface area (Å²) in [4.78, 5) is 18.9. The van der Waals surface area contributed by atoms with Crippen LogP contribution in [0, 0.1) is 6.92 Å². The molecule has 0 aromatic carbocycles. The summed E-state index contributed by atoms with van der Waals surface area (Å²) in [5.41, 5.74) is 0.583. The zero-order chi connectivity index (χ0) is 14.8. The van der Waals surface area contributed by atoms with Crippen molar-refractivity contribution in [3.8, 4) is 0 Å². The van der Waals surface area contributed by atoms with Crippen molar-refractivity contribution >= 4 is 11.9 Å². The normalized spacial score (nSPS) is 10.5. The van der Waals surface area contributed by atoms with Gasteiger partial charge >= 0.3 is 5.97 Å². The van der Waals surface area contributed by atoms with Gasteiger partial charge in [-0.1, -0.05) is 0 Å². The predicted octanol–water partition coefficient (Wildman–Crippen LogP) is 1.34. The van der Waals surface area contributed by atoms with Crippen LogP contribution in [0.4, 0.5) is 5.95 Å². The molecule has 20 heavy (non-hydrogen) atoms. The molecule has 7 nitrogen and oxygen atoms in total. The first-order valence-corrected chi connectivity index (χ1v) is 6.52. The predicted molar refractivity (Wildman–Crippen MR) is 74.1 cm³/mol. The second-order valence-corrected chi connectivity index (χ2v) is 4.24. The van der Waals surface area contributed by atoms with Gasteiger partial charge in [0.2, 0.25) is 5.95 Å². The molecule has 0 saturated carbocycles. The first-order chi connectivity index (χ1) is 9.65. The van der Waals surface area contributed by atoms with E-state index in [1.165, 1.54) is 6.20 Å². The summed E-state index contributed by atoms with van der Waals surface area (Å²) >= 11 is 0. The molecule has 7 heteroatoms. The van der Waals surface area contributed by atoms with Crippen molar-refractivity contribution < 1.29 is 19.4 Å². The van der Waals surface area contributed by atoms with E-state index < -0.39 is 5.97 Å². The summed E-state index contributed by atoms with van der Waals surface area (Å²) in [6.07, 6.45) is 3.18. The highest BCUT2D eigenvalue weighted by Crippen LogP contribution is 2.07. The summed E-state index contributed by atoms with van der Waals surface area (Å²) in [7, 11) is 1.64. The Morgan fingerprint density at radius 1 is 1.35 bits per heavy atom. The molecule has 0 aliphatic rings. The highest BCUT2D eigenvalue weighted by molar-refractivity contribution is 5.88. The molecule has 0 atom stereocenters. The maximum Gasteiger partial charge on any atom is 0.339 e. The number of carbonyl (C=O) groups is 1. The number of anilines is 1. The number of nitrogens with zero attached hydrogens (tertiary/aromatic N) is 2. The molecular formula is C13H21N3O4. The number of hydrogen-bond acceptors (Lipinski definition) is 6. The van der Waals surface area contributed by atoms with E-state index in [2.05, 4.69) is 15.3 Å². The van der Waals surface area contributed by atoms with E-state index in [0.717, 1.165) is 19.4 Å². The monoisotopic (exact) mass is 283 g/mol. The lowest BCUT2D eigenvalue weighted by Crippen LogP contribution is -2.10. The molecule has 0 bridgehead atoms. The molecule has 0 saturated heterocycles. The minimum atomic E-state index is -1.01. The summed E-state index contributed by atoms with van der Waals surface area (Å²) in [5.74, 6) is -0.560. The number of methoxy groups -OCH3 is 1. The number of rotatable bonds is 10. The molecule has 1 aromatic heterocycles. The Bertz CT molecular complexity index is 426. The van der Waals surface area contributed by atoms with Crippen LogP contribution in [0.5, 0.6) is 0 Å². The molecule has 0 radical (unpaired) electrons. The van der Waals surface area contributed by atoms with E-state index in [4.69, 9.17) is 14.6 Å². The fourth-order valence-electron chi connectivity index (χ4n) is 1.54. The molecule has 1 heterocycles. The van der Waals surface area contributed by atoms with Crippen molar-refractivity contribution in [3.05, 3.63) is 17.5 Å². The molecule has 1 rings (SSSR count). The van der Waals surface area contributed by atoms with Gasteiger partial charge < -0.3 is 19.9 Å². The Hall–Kier alpha value is -1.73. The second-order valence-electron chi connectivity index (χ2n) is 4.24. The third-order valence-electron chi connectivity index (χ3n) is 2.64. The van der Waals surface area contributed by atoms with Crippen LogP contribution in [-0.4, -0.2) is 54.5 Å². The van der Waals surface area contributed by atoms with Gasteiger partial charge in [-0.3, -0.25) is 0 Å². The van der Waals surface area contributed by atoms with Crippen LogP contribution in [0.1, 0.15) is 28.9 Å². The molecule has 112 valence electrons. The Morgan fingerprint density at radius 3 is 2.80 bits per heavy atom. The van der Waals surface area contributed by atoms with Gasteiger partial charge in [-0.15, -0.1) is 0 Å². The van der Waals surface area contributed by atoms with Gasteiger partial charge in [0.15, 0.2) is 0 Å². The van der Waals surface area contributed by atoms with Crippen molar-refractivity contribution in [1.82, 2.24) is 9.97 Å². The number of aryl methyl sites for hydroxylation is 1. The molecular weight excluding hydrogens is 262 g/mol. The van der Waals surface area contributed by atoms with E-state index in [-0.39, 0.29) is 5.56 Å². The molecule has 0 aliphatic heterocycles. The lowest BCUT2D eigenvalue weighted by molar-refractivity contribution is 0.0690. The van der Waals surface area contributed by atoms with E-state index in [1.807, 2.05) is 0 Å². The number of aromatic nitrogens is 2. The summed E-state index contributed by atoms with van der Waals surface area (Å²) in [6.45, 7) is 4.30. The van der Waals surface area contributed by atoms with Gasteiger partial charge in [-0.25, -0.2) is 14.8 Å². The van der Waals surface area contributed by atoms with Crippen molar-refractivity contribution in [3.63, 3.8) is 0 Å². The Balaban J connectivity index is 2.19. The minimum absolute atomic E-state index is 0.127. The van der Waals surface area contributed by atoms with Crippen LogP contribution in [0.3, 0.4) is 0 Å². The number of carboxylic acid groups (broad SMARTS) is 1. The number of nitrogens with one attached hydrogen (secondary N) is 1. The SMILES string of the molecule is COCCOCCCCNc1ncc(C(=O)O)c(C)n1. The topological polar surface area (TPSA) is 93.6 Å². The zero-order valence-corrected chi connectivity index (χ0v) is 11.9. The van der Waals surface area contributed by atoms with Gasteiger partial charge in [0, 0.05) is 26.5 Å². The van der Waals surface area contributed by atoms with Crippen molar-refractivity contribution in [2.24, 2.45) is 0 Å². The Kier molecular flexibility index (Phi) is 7.52. The number of unbranched alkanes of at least 4 members (excludes halogenated alkanes) is 1. The maximum atomic E-state index is 10.8. The van der Waals surface area contributed by atoms with Gasteiger partial charge in [-0.2, -0.15) is 0 Å². The largest absolute Gasteiger partial charge is 0.478 e. The second kappa shape index (κ2) is 9.22. The first kappa shape index (κ1) is 16.3. The van der Waals surface area contributed by atoms with Gasteiger partial charge in [0.1, 0.15) is 0 Å². The highest BCUT2D eigenvalue weighted by atomic mass is 16.5. The van der Waals surface area contributed by atoms with Crippen LogP contribution >= 0.6 is 0 Å². The lowest BCUT2D eigenvalue weighted by Gasteiger charge is -2.07. The average molecular weight is 283 g/mol. The molecule has 0 fully saturated rings. The van der Waals surface area contributed by atoms with Gasteiger partial charge in [0.25, 0.3) is 0 Å².